The molecule has 0 aliphatic heterocycles. The summed E-state index contributed by atoms with van der Waals surface area (Å²) in [5, 5.41) is 6.63. The minimum absolute atomic E-state index is 0.896. The number of nitrogens with zero attached hydrogens (tertiary/aromatic N) is 1. The highest BCUT2D eigenvalue weighted by molar-refractivity contribution is 9.10. The van der Waals surface area contributed by atoms with E-state index in [2.05, 4.69) is 44.4 Å². The lowest BCUT2D eigenvalue weighted by Crippen LogP contribution is -2.16. The van der Waals surface area contributed by atoms with Gasteiger partial charge >= 0.3 is 0 Å². The number of benzene rings is 1. The number of halogens is 1. The number of aromatic nitrogens is 1. The van der Waals surface area contributed by atoms with Crippen LogP contribution in [0.4, 0.5) is 0 Å². The summed E-state index contributed by atoms with van der Waals surface area (Å²) in [5.41, 5.74) is 1.29. The molecule has 0 fully saturated rings. The summed E-state index contributed by atoms with van der Waals surface area (Å²) in [5.74, 6) is 0. The Kier molecular flexibility index (Phi) is 4.51. The summed E-state index contributed by atoms with van der Waals surface area (Å²) >= 11 is 5.25. The van der Waals surface area contributed by atoms with Crippen molar-refractivity contribution in [3.05, 3.63) is 50.9 Å². The van der Waals surface area contributed by atoms with Crippen LogP contribution in [0.3, 0.4) is 0 Å². The molecule has 2 rings (SSSR count). The van der Waals surface area contributed by atoms with Crippen LogP contribution in [0.25, 0.3) is 0 Å². The Morgan fingerprint density at radius 1 is 1.31 bits per heavy atom. The van der Waals surface area contributed by atoms with Gasteiger partial charge in [-0.3, -0.25) is 0 Å². The average molecular weight is 297 g/mol. The second-order valence-electron chi connectivity index (χ2n) is 3.44. The van der Waals surface area contributed by atoms with Crippen molar-refractivity contribution in [2.75, 3.05) is 6.54 Å². The van der Waals surface area contributed by atoms with E-state index in [0.717, 1.165) is 24.0 Å². The molecule has 0 unspecified atom stereocenters. The first-order chi connectivity index (χ1) is 7.86. The number of rotatable bonds is 5. The van der Waals surface area contributed by atoms with E-state index in [1.165, 1.54) is 10.6 Å². The van der Waals surface area contributed by atoms with Gasteiger partial charge in [0.25, 0.3) is 0 Å². The number of hydrogen-bond acceptors (Lipinski definition) is 3. The van der Waals surface area contributed by atoms with Crippen LogP contribution in [0.15, 0.2) is 40.3 Å². The largest absolute Gasteiger partial charge is 0.312 e. The maximum absolute atomic E-state index is 4.25. The monoisotopic (exact) mass is 296 g/mol. The molecule has 0 saturated heterocycles. The second-order valence-corrected chi connectivity index (χ2v) is 5.28. The summed E-state index contributed by atoms with van der Waals surface area (Å²) in [6.07, 6.45) is 2.86. The van der Waals surface area contributed by atoms with Crippen LogP contribution >= 0.6 is 27.3 Å². The SMILES string of the molecule is Brc1ccccc1CNCCc1nccs1. The van der Waals surface area contributed by atoms with Gasteiger partial charge in [0.1, 0.15) is 0 Å². The van der Waals surface area contributed by atoms with E-state index in [4.69, 9.17) is 0 Å². The molecular weight excluding hydrogens is 284 g/mol. The van der Waals surface area contributed by atoms with Crippen LogP contribution in [-0.2, 0) is 13.0 Å². The van der Waals surface area contributed by atoms with Gasteiger partial charge in [0, 0.05) is 35.6 Å². The zero-order valence-corrected chi connectivity index (χ0v) is 11.2. The third-order valence-corrected chi connectivity index (χ3v) is 3.89. The first-order valence-corrected chi connectivity index (χ1v) is 6.86. The summed E-state index contributed by atoms with van der Waals surface area (Å²) in [6, 6.07) is 8.28. The number of hydrogen-bond donors (Lipinski definition) is 1. The maximum Gasteiger partial charge on any atom is 0.0937 e. The van der Waals surface area contributed by atoms with Gasteiger partial charge in [0.05, 0.1) is 5.01 Å². The molecule has 2 aromatic rings. The van der Waals surface area contributed by atoms with E-state index in [9.17, 15) is 0 Å². The lowest BCUT2D eigenvalue weighted by molar-refractivity contribution is 0.683. The molecule has 0 spiro atoms. The van der Waals surface area contributed by atoms with E-state index in [-0.39, 0.29) is 0 Å². The van der Waals surface area contributed by atoms with Crippen LogP contribution in [0.1, 0.15) is 10.6 Å². The van der Waals surface area contributed by atoms with Crippen LogP contribution in [0, 0.1) is 0 Å². The van der Waals surface area contributed by atoms with Crippen LogP contribution < -0.4 is 5.32 Å². The fourth-order valence-electron chi connectivity index (χ4n) is 1.44. The fraction of sp³-hybridized carbons (Fsp3) is 0.250. The minimum Gasteiger partial charge on any atom is -0.312 e. The molecule has 4 heteroatoms. The van der Waals surface area contributed by atoms with Crippen LogP contribution in [0.2, 0.25) is 0 Å². The number of thiazole rings is 1. The van der Waals surface area contributed by atoms with Gasteiger partial charge in [-0.15, -0.1) is 11.3 Å². The molecule has 0 atom stereocenters. The van der Waals surface area contributed by atoms with Crippen LogP contribution in [0.5, 0.6) is 0 Å². The highest BCUT2D eigenvalue weighted by atomic mass is 79.9. The lowest BCUT2D eigenvalue weighted by atomic mass is 10.2. The van der Waals surface area contributed by atoms with Gasteiger partial charge in [-0.05, 0) is 11.6 Å². The Morgan fingerprint density at radius 3 is 2.94 bits per heavy atom. The normalized spacial score (nSPS) is 10.6. The quantitative estimate of drug-likeness (QED) is 0.857. The van der Waals surface area contributed by atoms with Crippen molar-refractivity contribution in [2.24, 2.45) is 0 Å². The predicted molar refractivity (Wildman–Crippen MR) is 71.7 cm³/mol. The zero-order valence-electron chi connectivity index (χ0n) is 8.82. The third-order valence-electron chi connectivity index (χ3n) is 2.27. The minimum atomic E-state index is 0.896. The zero-order chi connectivity index (χ0) is 11.2. The van der Waals surface area contributed by atoms with Gasteiger partial charge in [0.15, 0.2) is 0 Å². The molecular formula is C12H13BrN2S. The smallest absolute Gasteiger partial charge is 0.0937 e. The van der Waals surface area contributed by atoms with Crippen molar-refractivity contribution in [3.8, 4) is 0 Å². The third kappa shape index (κ3) is 3.40. The Morgan fingerprint density at radius 2 is 2.19 bits per heavy atom. The van der Waals surface area contributed by atoms with Gasteiger partial charge in [-0.25, -0.2) is 4.98 Å². The van der Waals surface area contributed by atoms with Gasteiger partial charge in [0.2, 0.25) is 0 Å². The maximum atomic E-state index is 4.25. The molecule has 0 saturated carbocycles. The molecule has 0 bridgehead atoms. The topological polar surface area (TPSA) is 24.9 Å². The summed E-state index contributed by atoms with van der Waals surface area (Å²) in [6.45, 7) is 1.86. The Balaban J connectivity index is 1.74. The molecule has 2 nitrogen and oxygen atoms in total. The molecule has 0 radical (unpaired) electrons. The molecule has 84 valence electrons. The van der Waals surface area contributed by atoms with E-state index >= 15 is 0 Å². The fourth-order valence-corrected chi connectivity index (χ4v) is 2.48. The molecule has 1 N–H and O–H groups in total. The second kappa shape index (κ2) is 6.13. The molecule has 0 aliphatic carbocycles. The van der Waals surface area contributed by atoms with Gasteiger partial charge < -0.3 is 5.32 Å². The van der Waals surface area contributed by atoms with E-state index in [1.54, 1.807) is 11.3 Å². The highest BCUT2D eigenvalue weighted by Gasteiger charge is 1.98. The molecule has 0 amide bonds. The van der Waals surface area contributed by atoms with E-state index in [1.807, 2.05) is 17.6 Å². The Hall–Kier alpha value is -0.710. The Labute approximate surface area is 108 Å². The van der Waals surface area contributed by atoms with Crippen molar-refractivity contribution >= 4 is 27.3 Å². The first-order valence-electron chi connectivity index (χ1n) is 5.19. The summed E-state index contributed by atoms with van der Waals surface area (Å²) in [4.78, 5) is 4.25. The first kappa shape index (κ1) is 11.8. The number of nitrogens with one attached hydrogen (secondary N) is 1. The van der Waals surface area contributed by atoms with Gasteiger partial charge in [-0.2, -0.15) is 0 Å². The van der Waals surface area contributed by atoms with Crippen molar-refractivity contribution in [3.63, 3.8) is 0 Å². The highest BCUT2D eigenvalue weighted by Crippen LogP contribution is 2.15. The van der Waals surface area contributed by atoms with Crippen LogP contribution in [-0.4, -0.2) is 11.5 Å². The van der Waals surface area contributed by atoms with Crippen molar-refractivity contribution < 1.29 is 0 Å². The molecule has 16 heavy (non-hydrogen) atoms. The molecule has 1 aromatic heterocycles. The van der Waals surface area contributed by atoms with Gasteiger partial charge in [-0.1, -0.05) is 34.1 Å². The Bertz CT molecular complexity index is 428. The van der Waals surface area contributed by atoms with Crippen molar-refractivity contribution in [1.82, 2.24) is 10.3 Å². The summed E-state index contributed by atoms with van der Waals surface area (Å²) < 4.78 is 1.16. The molecule has 0 aliphatic rings. The van der Waals surface area contributed by atoms with E-state index < -0.39 is 0 Å². The van der Waals surface area contributed by atoms with Crippen molar-refractivity contribution in [2.45, 2.75) is 13.0 Å². The summed E-state index contributed by atoms with van der Waals surface area (Å²) in [7, 11) is 0. The van der Waals surface area contributed by atoms with E-state index in [0.29, 0.717) is 0 Å². The standard InChI is InChI=1S/C12H13BrN2S/c13-11-4-2-1-3-10(11)9-14-6-5-12-15-7-8-16-12/h1-4,7-8,14H,5-6,9H2. The predicted octanol–water partition coefficient (Wildman–Crippen LogP) is 3.24. The molecule has 1 heterocycles. The van der Waals surface area contributed by atoms with Crippen molar-refractivity contribution in [1.29, 1.82) is 0 Å². The lowest BCUT2D eigenvalue weighted by Gasteiger charge is -2.05. The average Bonchev–Trinajstić information content (AvgIpc) is 2.79. The molecule has 1 aromatic carbocycles.